The van der Waals surface area contributed by atoms with Crippen molar-refractivity contribution in [1.29, 1.82) is 5.26 Å². The van der Waals surface area contributed by atoms with E-state index in [1.54, 1.807) is 18.3 Å². The molecule has 1 aromatic heterocycles. The first-order chi connectivity index (χ1) is 12.6. The van der Waals surface area contributed by atoms with E-state index >= 15 is 0 Å². The maximum absolute atomic E-state index is 12.8. The average molecular weight is 348 g/mol. The van der Waals surface area contributed by atoms with Gasteiger partial charge in [0, 0.05) is 19.3 Å². The van der Waals surface area contributed by atoms with Gasteiger partial charge in [-0.1, -0.05) is 25.1 Å². The Balaban J connectivity index is 1.64. The van der Waals surface area contributed by atoms with Gasteiger partial charge in [0.2, 0.25) is 5.91 Å². The summed E-state index contributed by atoms with van der Waals surface area (Å²) in [5.41, 5.74) is 3.85. The van der Waals surface area contributed by atoms with Gasteiger partial charge in [0.25, 0.3) is 0 Å². The molecule has 2 heterocycles. The van der Waals surface area contributed by atoms with Gasteiger partial charge in [-0.3, -0.25) is 15.1 Å². The second-order valence-electron chi connectivity index (χ2n) is 6.74. The van der Waals surface area contributed by atoms with Crippen molar-refractivity contribution < 1.29 is 4.79 Å². The summed E-state index contributed by atoms with van der Waals surface area (Å²) in [7, 11) is 0. The number of pyridine rings is 1. The molecule has 2 unspecified atom stereocenters. The molecule has 1 aliphatic heterocycles. The van der Waals surface area contributed by atoms with Crippen molar-refractivity contribution in [3.8, 4) is 6.07 Å². The van der Waals surface area contributed by atoms with Crippen molar-refractivity contribution in [3.63, 3.8) is 0 Å². The lowest BCUT2D eigenvalue weighted by Gasteiger charge is -2.22. The standard InChI is InChI=1S/C21H24N4O/c1-3-18(20-15(2)5-4-11-23-20)24-19-10-12-25(21(19)26)14-17-8-6-16(13-22)7-9-17/h4-9,11,18-19,24H,3,10,12,14H2,1-2H3. The van der Waals surface area contributed by atoms with E-state index in [1.807, 2.05) is 23.1 Å². The summed E-state index contributed by atoms with van der Waals surface area (Å²) in [5.74, 6) is 0.140. The molecule has 1 amide bonds. The van der Waals surface area contributed by atoms with E-state index in [-0.39, 0.29) is 18.0 Å². The predicted octanol–water partition coefficient (Wildman–Crippen LogP) is 3.10. The first-order valence-electron chi connectivity index (χ1n) is 9.07. The van der Waals surface area contributed by atoms with Gasteiger partial charge in [0.1, 0.15) is 0 Å². The SMILES string of the molecule is CCC(NC1CCN(Cc2ccc(C#N)cc2)C1=O)c1ncccc1C. The van der Waals surface area contributed by atoms with Crippen LogP contribution in [0.2, 0.25) is 0 Å². The molecule has 1 N–H and O–H groups in total. The number of amides is 1. The number of nitriles is 1. The zero-order valence-electron chi connectivity index (χ0n) is 15.3. The Morgan fingerprint density at radius 3 is 2.77 bits per heavy atom. The number of nitrogens with zero attached hydrogens (tertiary/aromatic N) is 3. The molecule has 2 aromatic rings. The van der Waals surface area contributed by atoms with Gasteiger partial charge in [-0.05, 0) is 49.1 Å². The van der Waals surface area contributed by atoms with Crippen molar-refractivity contribution >= 4 is 5.91 Å². The maximum atomic E-state index is 12.8. The highest BCUT2D eigenvalue weighted by molar-refractivity contribution is 5.84. The third kappa shape index (κ3) is 3.92. The van der Waals surface area contributed by atoms with Crippen molar-refractivity contribution in [2.45, 2.75) is 45.3 Å². The molecule has 1 fully saturated rings. The summed E-state index contributed by atoms with van der Waals surface area (Å²) in [4.78, 5) is 19.2. The van der Waals surface area contributed by atoms with E-state index in [2.05, 4.69) is 36.3 Å². The van der Waals surface area contributed by atoms with E-state index in [0.717, 1.165) is 36.2 Å². The van der Waals surface area contributed by atoms with E-state index in [0.29, 0.717) is 12.1 Å². The van der Waals surface area contributed by atoms with E-state index in [9.17, 15) is 4.79 Å². The van der Waals surface area contributed by atoms with Crippen LogP contribution in [-0.2, 0) is 11.3 Å². The van der Waals surface area contributed by atoms with Crippen LogP contribution in [0.4, 0.5) is 0 Å². The smallest absolute Gasteiger partial charge is 0.240 e. The maximum Gasteiger partial charge on any atom is 0.240 e. The Kier molecular flexibility index (Phi) is 5.65. The van der Waals surface area contributed by atoms with E-state index in [1.165, 1.54) is 0 Å². The fourth-order valence-corrected chi connectivity index (χ4v) is 3.45. The van der Waals surface area contributed by atoms with Crippen LogP contribution in [0.15, 0.2) is 42.6 Å². The molecule has 1 aliphatic rings. The summed E-state index contributed by atoms with van der Waals surface area (Å²) in [6.45, 7) is 5.50. The number of hydrogen-bond donors (Lipinski definition) is 1. The predicted molar refractivity (Wildman–Crippen MR) is 100 cm³/mol. The Morgan fingerprint density at radius 1 is 1.35 bits per heavy atom. The fraction of sp³-hybridized carbons (Fsp3) is 0.381. The first kappa shape index (κ1) is 18.1. The second-order valence-corrected chi connectivity index (χ2v) is 6.74. The monoisotopic (exact) mass is 348 g/mol. The lowest BCUT2D eigenvalue weighted by molar-refractivity contribution is -0.130. The molecule has 26 heavy (non-hydrogen) atoms. The number of hydrogen-bond acceptors (Lipinski definition) is 4. The average Bonchev–Trinajstić information content (AvgIpc) is 3.01. The van der Waals surface area contributed by atoms with Gasteiger partial charge in [0.15, 0.2) is 0 Å². The molecule has 0 radical (unpaired) electrons. The van der Waals surface area contributed by atoms with Gasteiger partial charge in [0.05, 0.1) is 29.4 Å². The van der Waals surface area contributed by atoms with Gasteiger partial charge in [-0.25, -0.2) is 0 Å². The minimum Gasteiger partial charge on any atom is -0.337 e. The van der Waals surface area contributed by atoms with Gasteiger partial charge in [-0.2, -0.15) is 5.26 Å². The summed E-state index contributed by atoms with van der Waals surface area (Å²) in [5, 5.41) is 12.4. The molecular formula is C21H24N4O. The highest BCUT2D eigenvalue weighted by Gasteiger charge is 2.33. The largest absolute Gasteiger partial charge is 0.337 e. The highest BCUT2D eigenvalue weighted by Crippen LogP contribution is 2.22. The third-order valence-electron chi connectivity index (χ3n) is 4.94. The van der Waals surface area contributed by atoms with Gasteiger partial charge >= 0.3 is 0 Å². The fourth-order valence-electron chi connectivity index (χ4n) is 3.45. The summed E-state index contributed by atoms with van der Waals surface area (Å²) < 4.78 is 0. The zero-order valence-corrected chi connectivity index (χ0v) is 15.3. The van der Waals surface area contributed by atoms with Crippen LogP contribution in [0, 0.1) is 18.3 Å². The molecule has 5 heteroatoms. The van der Waals surface area contributed by atoms with Crippen LogP contribution >= 0.6 is 0 Å². The third-order valence-corrected chi connectivity index (χ3v) is 4.94. The molecule has 3 rings (SSSR count). The molecule has 0 aliphatic carbocycles. The normalized spacial score (nSPS) is 18.0. The van der Waals surface area contributed by atoms with E-state index in [4.69, 9.17) is 5.26 Å². The van der Waals surface area contributed by atoms with Crippen molar-refractivity contribution in [2.75, 3.05) is 6.54 Å². The molecule has 5 nitrogen and oxygen atoms in total. The van der Waals surface area contributed by atoms with Crippen LogP contribution in [-0.4, -0.2) is 28.4 Å². The Bertz CT molecular complexity index is 810. The molecule has 0 bridgehead atoms. The molecule has 0 saturated carbocycles. The number of aryl methyl sites for hydroxylation is 1. The Hall–Kier alpha value is -2.71. The zero-order chi connectivity index (χ0) is 18.5. The lowest BCUT2D eigenvalue weighted by atomic mass is 10.0. The molecule has 0 spiro atoms. The number of carbonyl (C=O) groups is 1. The van der Waals surface area contributed by atoms with Gasteiger partial charge < -0.3 is 4.90 Å². The minimum atomic E-state index is -0.167. The number of benzene rings is 1. The van der Waals surface area contributed by atoms with Crippen molar-refractivity contribution in [1.82, 2.24) is 15.2 Å². The number of likely N-dealkylation sites (tertiary alicyclic amines) is 1. The quantitative estimate of drug-likeness (QED) is 0.871. The molecule has 2 atom stereocenters. The van der Waals surface area contributed by atoms with Crippen LogP contribution in [0.3, 0.4) is 0 Å². The van der Waals surface area contributed by atoms with Gasteiger partial charge in [-0.15, -0.1) is 0 Å². The van der Waals surface area contributed by atoms with Crippen LogP contribution in [0.25, 0.3) is 0 Å². The highest BCUT2D eigenvalue weighted by atomic mass is 16.2. The Labute approximate surface area is 154 Å². The Morgan fingerprint density at radius 2 is 2.12 bits per heavy atom. The van der Waals surface area contributed by atoms with Crippen molar-refractivity contribution in [3.05, 3.63) is 65.0 Å². The van der Waals surface area contributed by atoms with Crippen LogP contribution in [0.5, 0.6) is 0 Å². The second kappa shape index (κ2) is 8.11. The van der Waals surface area contributed by atoms with E-state index < -0.39 is 0 Å². The number of nitrogens with one attached hydrogen (secondary N) is 1. The summed E-state index contributed by atoms with van der Waals surface area (Å²) >= 11 is 0. The number of aromatic nitrogens is 1. The molecular weight excluding hydrogens is 324 g/mol. The van der Waals surface area contributed by atoms with Crippen LogP contribution in [0.1, 0.15) is 48.2 Å². The molecule has 1 saturated heterocycles. The molecule has 134 valence electrons. The van der Waals surface area contributed by atoms with Crippen molar-refractivity contribution in [2.24, 2.45) is 0 Å². The van der Waals surface area contributed by atoms with Crippen LogP contribution < -0.4 is 5.32 Å². The summed E-state index contributed by atoms with van der Waals surface area (Å²) in [6, 6.07) is 13.4. The molecule has 1 aromatic carbocycles. The number of rotatable bonds is 6. The number of carbonyl (C=O) groups excluding carboxylic acids is 1. The summed E-state index contributed by atoms with van der Waals surface area (Å²) in [6.07, 6.45) is 3.50. The lowest BCUT2D eigenvalue weighted by Crippen LogP contribution is -2.40. The minimum absolute atomic E-state index is 0.0833. The first-order valence-corrected chi connectivity index (χ1v) is 9.07. The topological polar surface area (TPSA) is 69.0 Å².